The van der Waals surface area contributed by atoms with Crippen LogP contribution in [0.1, 0.15) is 18.7 Å². The molecule has 2 aliphatic heterocycles. The van der Waals surface area contributed by atoms with Crippen molar-refractivity contribution < 1.29 is 0 Å². The Bertz CT molecular complexity index is 438. The second-order valence-electron chi connectivity index (χ2n) is 5.89. The van der Waals surface area contributed by atoms with Gasteiger partial charge in [-0.25, -0.2) is 0 Å². The molecule has 1 aromatic heterocycles. The third kappa shape index (κ3) is 2.22. The Kier molecular flexibility index (Phi) is 3.65. The Balaban J connectivity index is 1.77. The molecule has 3 rings (SSSR count). The molecule has 0 aliphatic carbocycles. The number of hydrogen-bond acceptors (Lipinski definition) is 3. The van der Waals surface area contributed by atoms with Crippen LogP contribution in [0.2, 0.25) is 0 Å². The molecule has 100 valence electrons. The zero-order valence-corrected chi connectivity index (χ0v) is 14.7. The topological polar surface area (TPSA) is 15.3 Å². The molecular formula is C13H18Br2N2S. The summed E-state index contributed by atoms with van der Waals surface area (Å²) in [6, 6.07) is 2.25. The van der Waals surface area contributed by atoms with Gasteiger partial charge in [-0.15, -0.1) is 11.3 Å². The Hall–Kier alpha value is 0.580. The minimum atomic E-state index is 0.317. The molecule has 5 heteroatoms. The molecule has 2 aliphatic rings. The van der Waals surface area contributed by atoms with Gasteiger partial charge in [0.1, 0.15) is 0 Å². The lowest BCUT2D eigenvalue weighted by molar-refractivity contribution is 0.133. The lowest BCUT2D eigenvalue weighted by Crippen LogP contribution is -2.43. The molecule has 0 amide bonds. The van der Waals surface area contributed by atoms with Crippen LogP contribution < -0.4 is 5.32 Å². The van der Waals surface area contributed by atoms with Gasteiger partial charge in [0, 0.05) is 34.5 Å². The first kappa shape index (κ1) is 13.6. The minimum absolute atomic E-state index is 0.317. The third-order valence-corrected chi connectivity index (χ3v) is 7.80. The molecule has 0 aromatic carbocycles. The van der Waals surface area contributed by atoms with Crippen molar-refractivity contribution in [1.82, 2.24) is 10.2 Å². The maximum atomic E-state index is 3.59. The maximum absolute atomic E-state index is 3.59. The number of halogens is 2. The Morgan fingerprint density at radius 3 is 2.83 bits per heavy atom. The summed E-state index contributed by atoms with van der Waals surface area (Å²) >= 11 is 9.01. The van der Waals surface area contributed by atoms with Crippen LogP contribution in [-0.2, 0) is 6.54 Å². The summed E-state index contributed by atoms with van der Waals surface area (Å²) in [6.45, 7) is 9.51. The predicted octanol–water partition coefficient (Wildman–Crippen LogP) is 3.70. The van der Waals surface area contributed by atoms with E-state index in [0.29, 0.717) is 5.54 Å². The van der Waals surface area contributed by atoms with Crippen molar-refractivity contribution in [3.05, 3.63) is 19.2 Å². The van der Waals surface area contributed by atoms with Crippen LogP contribution >= 0.6 is 43.2 Å². The van der Waals surface area contributed by atoms with Gasteiger partial charge in [-0.1, -0.05) is 0 Å². The van der Waals surface area contributed by atoms with Gasteiger partial charge in [0.15, 0.2) is 0 Å². The predicted molar refractivity (Wildman–Crippen MR) is 84.1 cm³/mol. The smallest absolute Gasteiger partial charge is 0.0843 e. The van der Waals surface area contributed by atoms with Gasteiger partial charge in [-0.3, -0.25) is 4.90 Å². The van der Waals surface area contributed by atoms with Gasteiger partial charge in [0.05, 0.1) is 3.79 Å². The first-order chi connectivity index (χ1) is 8.48. The van der Waals surface area contributed by atoms with Crippen LogP contribution in [0.5, 0.6) is 0 Å². The number of thiophene rings is 1. The summed E-state index contributed by atoms with van der Waals surface area (Å²) in [5.41, 5.74) is 0.317. The number of rotatable bonds is 2. The highest BCUT2D eigenvalue weighted by Crippen LogP contribution is 2.42. The van der Waals surface area contributed by atoms with E-state index in [2.05, 4.69) is 62.0 Å². The zero-order valence-electron chi connectivity index (χ0n) is 10.7. The Morgan fingerprint density at radius 1 is 1.44 bits per heavy atom. The fourth-order valence-corrected chi connectivity index (χ4v) is 5.62. The number of likely N-dealkylation sites (tertiary alicyclic amines) is 1. The molecule has 2 saturated heterocycles. The zero-order chi connectivity index (χ0) is 12.9. The van der Waals surface area contributed by atoms with Gasteiger partial charge in [0.2, 0.25) is 0 Å². The molecule has 1 aromatic rings. The van der Waals surface area contributed by atoms with Gasteiger partial charge in [-0.2, -0.15) is 0 Å². The molecule has 2 nitrogen and oxygen atoms in total. The van der Waals surface area contributed by atoms with Gasteiger partial charge < -0.3 is 5.32 Å². The van der Waals surface area contributed by atoms with Crippen LogP contribution in [0.15, 0.2) is 14.3 Å². The van der Waals surface area contributed by atoms with Crippen LogP contribution in [0, 0.1) is 11.8 Å². The largest absolute Gasteiger partial charge is 0.316 e. The lowest BCUT2D eigenvalue weighted by Gasteiger charge is -2.35. The van der Waals surface area contributed by atoms with Crippen LogP contribution in [0.25, 0.3) is 0 Å². The van der Waals surface area contributed by atoms with Crippen molar-refractivity contribution in [2.75, 3.05) is 19.6 Å². The lowest BCUT2D eigenvalue weighted by atomic mass is 9.85. The van der Waals surface area contributed by atoms with Gasteiger partial charge in [0.25, 0.3) is 0 Å². The molecule has 0 bridgehead atoms. The van der Waals surface area contributed by atoms with Gasteiger partial charge >= 0.3 is 0 Å². The van der Waals surface area contributed by atoms with Crippen LogP contribution in [0.4, 0.5) is 0 Å². The fraction of sp³-hybridized carbons (Fsp3) is 0.692. The second-order valence-corrected chi connectivity index (χ2v) is 9.20. The Morgan fingerprint density at radius 2 is 2.22 bits per heavy atom. The Labute approximate surface area is 129 Å². The van der Waals surface area contributed by atoms with Crippen molar-refractivity contribution in [2.24, 2.45) is 11.8 Å². The average molecular weight is 394 g/mol. The summed E-state index contributed by atoms with van der Waals surface area (Å²) in [5, 5.41) is 3.54. The molecule has 18 heavy (non-hydrogen) atoms. The summed E-state index contributed by atoms with van der Waals surface area (Å²) in [5.74, 6) is 1.65. The standard InChI is InChI=1S/C13H18Br2N2S/c1-13(2)10-5-16-4-8(10)6-17(13)7-9-3-11(14)12(15)18-9/h3,8,10,16H,4-7H2,1-2H3. The van der Waals surface area contributed by atoms with Crippen molar-refractivity contribution in [3.8, 4) is 0 Å². The summed E-state index contributed by atoms with van der Waals surface area (Å²) in [4.78, 5) is 4.10. The molecule has 0 radical (unpaired) electrons. The summed E-state index contributed by atoms with van der Waals surface area (Å²) in [7, 11) is 0. The highest BCUT2D eigenvalue weighted by Gasteiger charge is 2.49. The molecule has 0 saturated carbocycles. The van der Waals surface area contributed by atoms with Crippen molar-refractivity contribution >= 4 is 43.2 Å². The quantitative estimate of drug-likeness (QED) is 0.823. The normalized spacial score (nSPS) is 30.9. The van der Waals surface area contributed by atoms with Crippen molar-refractivity contribution in [1.29, 1.82) is 0 Å². The van der Waals surface area contributed by atoms with E-state index >= 15 is 0 Å². The third-order valence-electron chi connectivity index (χ3n) is 4.56. The maximum Gasteiger partial charge on any atom is 0.0843 e. The van der Waals surface area contributed by atoms with Crippen LogP contribution in [0.3, 0.4) is 0 Å². The molecule has 0 spiro atoms. The first-order valence-electron chi connectivity index (χ1n) is 6.38. The fourth-order valence-electron chi connectivity index (χ4n) is 3.43. The number of fused-ring (bicyclic) bond motifs is 1. The molecule has 2 fully saturated rings. The number of hydrogen-bond donors (Lipinski definition) is 1. The highest BCUT2D eigenvalue weighted by atomic mass is 79.9. The monoisotopic (exact) mass is 392 g/mol. The second kappa shape index (κ2) is 4.85. The van der Waals surface area contributed by atoms with E-state index in [-0.39, 0.29) is 0 Å². The van der Waals surface area contributed by atoms with E-state index in [9.17, 15) is 0 Å². The van der Waals surface area contributed by atoms with E-state index in [0.717, 1.165) is 18.4 Å². The highest BCUT2D eigenvalue weighted by molar-refractivity contribution is 9.13. The minimum Gasteiger partial charge on any atom is -0.316 e. The van der Waals surface area contributed by atoms with Crippen molar-refractivity contribution in [2.45, 2.75) is 25.9 Å². The summed E-state index contributed by atoms with van der Waals surface area (Å²) in [6.07, 6.45) is 0. The molecule has 2 unspecified atom stereocenters. The molecule has 1 N–H and O–H groups in total. The van der Waals surface area contributed by atoms with Crippen LogP contribution in [-0.4, -0.2) is 30.1 Å². The van der Waals surface area contributed by atoms with Gasteiger partial charge in [-0.05, 0) is 70.2 Å². The van der Waals surface area contributed by atoms with E-state index in [4.69, 9.17) is 0 Å². The number of nitrogens with one attached hydrogen (secondary N) is 1. The average Bonchev–Trinajstić information content (AvgIpc) is 2.91. The SMILES string of the molecule is CC1(C)C2CNCC2CN1Cc1cc(Br)c(Br)s1. The number of nitrogens with zero attached hydrogens (tertiary/aromatic N) is 1. The van der Waals surface area contributed by atoms with E-state index < -0.39 is 0 Å². The molecular weight excluding hydrogens is 376 g/mol. The molecule has 2 atom stereocenters. The van der Waals surface area contributed by atoms with Crippen molar-refractivity contribution in [3.63, 3.8) is 0 Å². The van der Waals surface area contributed by atoms with E-state index in [1.165, 1.54) is 32.8 Å². The molecule has 3 heterocycles. The van der Waals surface area contributed by atoms with E-state index in [1.807, 2.05) is 11.3 Å². The first-order valence-corrected chi connectivity index (χ1v) is 8.78. The van der Waals surface area contributed by atoms with E-state index in [1.54, 1.807) is 0 Å². The summed E-state index contributed by atoms with van der Waals surface area (Å²) < 4.78 is 2.39.